The number of halogens is 1. The fraction of sp³-hybridized carbons (Fsp3) is 0.167. The molecule has 0 aromatic carbocycles. The molecule has 1 amide bonds. The van der Waals surface area contributed by atoms with Crippen molar-refractivity contribution in [3.05, 3.63) is 40.9 Å². The first-order chi connectivity index (χ1) is 9.88. The van der Waals surface area contributed by atoms with Crippen molar-refractivity contribution in [1.29, 1.82) is 0 Å². The maximum Gasteiger partial charge on any atom is 0.250 e. The summed E-state index contributed by atoms with van der Waals surface area (Å²) in [6.45, 7) is 1.45. The molecule has 2 heterocycles. The Morgan fingerprint density at radius 3 is 2.71 bits per heavy atom. The number of rotatable bonds is 5. The molecule has 0 aliphatic carbocycles. The monoisotopic (exact) mass is 345 g/mol. The molecule has 0 saturated carbocycles. The maximum atomic E-state index is 12.0. The van der Waals surface area contributed by atoms with Gasteiger partial charge in [0.1, 0.15) is 10.0 Å². The third-order valence-corrected chi connectivity index (χ3v) is 5.63. The van der Waals surface area contributed by atoms with Gasteiger partial charge in [0.2, 0.25) is 5.91 Å². The number of carbonyl (C=O) groups is 1. The second kappa shape index (κ2) is 6.52. The fourth-order valence-electron chi connectivity index (χ4n) is 1.44. The third kappa shape index (κ3) is 4.24. The number of hydrogen-bond donors (Lipinski definition) is 2. The maximum absolute atomic E-state index is 12.0. The molecule has 2 aromatic rings. The van der Waals surface area contributed by atoms with Crippen LogP contribution in [0.2, 0.25) is 5.02 Å². The lowest BCUT2D eigenvalue weighted by molar-refractivity contribution is -0.117. The van der Waals surface area contributed by atoms with Crippen molar-refractivity contribution in [3.63, 3.8) is 0 Å². The quantitative estimate of drug-likeness (QED) is 0.868. The Morgan fingerprint density at radius 1 is 1.38 bits per heavy atom. The van der Waals surface area contributed by atoms with Gasteiger partial charge in [0.15, 0.2) is 0 Å². The number of aromatic nitrogens is 1. The Balaban J connectivity index is 2.01. The summed E-state index contributed by atoms with van der Waals surface area (Å²) in [4.78, 5) is 15.8. The molecule has 21 heavy (non-hydrogen) atoms. The van der Waals surface area contributed by atoms with E-state index in [0.717, 1.165) is 11.3 Å². The van der Waals surface area contributed by atoms with Gasteiger partial charge in [0.25, 0.3) is 10.0 Å². The molecular formula is C12H12ClN3O3S2. The van der Waals surface area contributed by atoms with Crippen LogP contribution in [0, 0.1) is 0 Å². The number of anilines is 1. The van der Waals surface area contributed by atoms with Gasteiger partial charge in [0, 0.05) is 6.20 Å². The van der Waals surface area contributed by atoms with Gasteiger partial charge in [-0.25, -0.2) is 13.4 Å². The van der Waals surface area contributed by atoms with E-state index in [1.54, 1.807) is 17.5 Å². The lowest BCUT2D eigenvalue weighted by Crippen LogP contribution is -2.41. The van der Waals surface area contributed by atoms with Crippen LogP contribution >= 0.6 is 22.9 Å². The normalized spacial score (nSPS) is 12.9. The van der Waals surface area contributed by atoms with Crippen molar-refractivity contribution in [2.75, 3.05) is 5.32 Å². The van der Waals surface area contributed by atoms with Gasteiger partial charge in [-0.3, -0.25) is 4.79 Å². The standard InChI is InChI=1S/C12H12ClN3O3S2/c1-8(16-21(18,19)11-3-2-6-20-11)12(17)15-10-5-4-9(13)7-14-10/h2-8,16H,1H3,(H,14,15,17)/t8-/m1/s1. The predicted molar refractivity (Wildman–Crippen MR) is 82.0 cm³/mol. The number of pyridine rings is 1. The Bertz CT molecular complexity index is 715. The van der Waals surface area contributed by atoms with Crippen LogP contribution in [0.4, 0.5) is 5.82 Å². The van der Waals surface area contributed by atoms with Crippen LogP contribution in [0.5, 0.6) is 0 Å². The molecule has 0 saturated heterocycles. The Kier molecular flexibility index (Phi) is 4.94. The summed E-state index contributed by atoms with van der Waals surface area (Å²) in [5, 5.41) is 4.60. The Hall–Kier alpha value is -1.48. The van der Waals surface area contributed by atoms with E-state index in [2.05, 4.69) is 15.0 Å². The number of carbonyl (C=O) groups excluding carboxylic acids is 1. The number of amides is 1. The fourth-order valence-corrected chi connectivity index (χ4v) is 3.77. The number of nitrogens with zero attached hydrogens (tertiary/aromatic N) is 1. The second-order valence-corrected chi connectivity index (χ2v) is 7.45. The topological polar surface area (TPSA) is 88.2 Å². The summed E-state index contributed by atoms with van der Waals surface area (Å²) in [5.74, 6) is -0.212. The molecule has 0 spiro atoms. The highest BCUT2D eigenvalue weighted by Gasteiger charge is 2.22. The molecule has 1 atom stereocenters. The second-order valence-electron chi connectivity index (χ2n) is 4.13. The van der Waals surface area contributed by atoms with Crippen LogP contribution in [-0.2, 0) is 14.8 Å². The van der Waals surface area contributed by atoms with Crippen LogP contribution < -0.4 is 10.0 Å². The van der Waals surface area contributed by atoms with Crippen LogP contribution in [0.15, 0.2) is 40.1 Å². The first-order valence-electron chi connectivity index (χ1n) is 5.87. The Morgan fingerprint density at radius 2 is 2.14 bits per heavy atom. The van der Waals surface area contributed by atoms with E-state index in [9.17, 15) is 13.2 Å². The minimum atomic E-state index is -3.69. The third-order valence-electron chi connectivity index (χ3n) is 2.46. The predicted octanol–water partition coefficient (Wildman–Crippen LogP) is 2.10. The van der Waals surface area contributed by atoms with Crippen molar-refractivity contribution in [3.8, 4) is 0 Å². The van der Waals surface area contributed by atoms with Gasteiger partial charge < -0.3 is 5.32 Å². The first-order valence-corrected chi connectivity index (χ1v) is 8.61. The average molecular weight is 346 g/mol. The highest BCUT2D eigenvalue weighted by Crippen LogP contribution is 2.16. The number of nitrogens with one attached hydrogen (secondary N) is 2. The van der Waals surface area contributed by atoms with Crippen molar-refractivity contribution >= 4 is 44.7 Å². The summed E-state index contributed by atoms with van der Waals surface area (Å²) in [7, 11) is -3.69. The summed E-state index contributed by atoms with van der Waals surface area (Å²) in [6, 6.07) is 5.26. The van der Waals surface area contributed by atoms with Gasteiger partial charge in [0.05, 0.1) is 11.1 Å². The lowest BCUT2D eigenvalue weighted by Gasteiger charge is -2.13. The molecule has 0 radical (unpaired) electrons. The van der Waals surface area contributed by atoms with Gasteiger partial charge in [-0.1, -0.05) is 17.7 Å². The molecule has 0 fully saturated rings. The molecule has 0 bridgehead atoms. The summed E-state index contributed by atoms with van der Waals surface area (Å²) in [5.41, 5.74) is 0. The van der Waals surface area contributed by atoms with Crippen molar-refractivity contribution < 1.29 is 13.2 Å². The van der Waals surface area contributed by atoms with E-state index in [4.69, 9.17) is 11.6 Å². The summed E-state index contributed by atoms with van der Waals surface area (Å²) in [6.07, 6.45) is 1.39. The van der Waals surface area contributed by atoms with Crippen LogP contribution in [0.3, 0.4) is 0 Å². The van der Waals surface area contributed by atoms with Crippen LogP contribution in [0.1, 0.15) is 6.92 Å². The molecule has 112 valence electrons. The SMILES string of the molecule is C[C@@H](NS(=O)(=O)c1cccs1)C(=O)Nc1ccc(Cl)cn1. The lowest BCUT2D eigenvalue weighted by atomic mass is 10.3. The zero-order valence-electron chi connectivity index (χ0n) is 10.9. The molecule has 2 aromatic heterocycles. The van der Waals surface area contributed by atoms with Crippen molar-refractivity contribution in [2.24, 2.45) is 0 Å². The minimum absolute atomic E-state index is 0.159. The molecule has 2 rings (SSSR count). The van der Waals surface area contributed by atoms with E-state index in [-0.39, 0.29) is 4.21 Å². The number of thiophene rings is 1. The van der Waals surface area contributed by atoms with E-state index >= 15 is 0 Å². The van der Waals surface area contributed by atoms with E-state index in [1.165, 1.54) is 25.3 Å². The van der Waals surface area contributed by atoms with E-state index in [1.807, 2.05) is 0 Å². The zero-order valence-corrected chi connectivity index (χ0v) is 13.3. The van der Waals surface area contributed by atoms with E-state index in [0.29, 0.717) is 10.8 Å². The molecule has 0 aliphatic rings. The number of sulfonamides is 1. The molecular weight excluding hydrogens is 334 g/mol. The van der Waals surface area contributed by atoms with Crippen molar-refractivity contribution in [1.82, 2.24) is 9.71 Å². The largest absolute Gasteiger partial charge is 0.309 e. The average Bonchev–Trinajstić information content (AvgIpc) is 2.95. The van der Waals surface area contributed by atoms with Gasteiger partial charge in [-0.15, -0.1) is 11.3 Å². The number of hydrogen-bond acceptors (Lipinski definition) is 5. The highest BCUT2D eigenvalue weighted by molar-refractivity contribution is 7.91. The smallest absolute Gasteiger partial charge is 0.250 e. The minimum Gasteiger partial charge on any atom is -0.309 e. The Labute approximate surface area is 131 Å². The zero-order chi connectivity index (χ0) is 15.5. The van der Waals surface area contributed by atoms with Crippen LogP contribution in [-0.4, -0.2) is 25.4 Å². The van der Waals surface area contributed by atoms with E-state index < -0.39 is 22.0 Å². The molecule has 0 unspecified atom stereocenters. The van der Waals surface area contributed by atoms with Crippen molar-refractivity contribution in [2.45, 2.75) is 17.2 Å². The molecule has 2 N–H and O–H groups in total. The molecule has 9 heteroatoms. The van der Waals surface area contributed by atoms with Crippen LogP contribution in [0.25, 0.3) is 0 Å². The highest BCUT2D eigenvalue weighted by atomic mass is 35.5. The molecule has 0 aliphatic heterocycles. The summed E-state index contributed by atoms with van der Waals surface area (Å²) >= 11 is 6.77. The van der Waals surface area contributed by atoms with Gasteiger partial charge in [-0.05, 0) is 30.5 Å². The summed E-state index contributed by atoms with van der Waals surface area (Å²) < 4.78 is 26.4. The van der Waals surface area contributed by atoms with Gasteiger partial charge >= 0.3 is 0 Å². The van der Waals surface area contributed by atoms with Gasteiger partial charge in [-0.2, -0.15) is 4.72 Å². The first kappa shape index (κ1) is 15.9. The molecule has 6 nitrogen and oxygen atoms in total.